The van der Waals surface area contributed by atoms with Crippen LogP contribution >= 0.6 is 0 Å². The average Bonchev–Trinajstić information content (AvgIpc) is 2.61. The van der Waals surface area contributed by atoms with E-state index in [0.29, 0.717) is 18.8 Å². The smallest absolute Gasteiger partial charge is 0.228 e. The molecule has 1 unspecified atom stereocenters. The lowest BCUT2D eigenvalue weighted by Crippen LogP contribution is -2.25. The summed E-state index contributed by atoms with van der Waals surface area (Å²) in [5, 5.41) is 8.94. The molecule has 1 saturated heterocycles. The predicted molar refractivity (Wildman–Crippen MR) is 49.6 cm³/mol. The Bertz CT molecular complexity index is 328. The zero-order valence-corrected chi connectivity index (χ0v) is 7.63. The topological polar surface area (TPSA) is 66.3 Å². The fourth-order valence-corrected chi connectivity index (χ4v) is 1.57. The molecule has 2 heterocycles. The van der Waals surface area contributed by atoms with E-state index in [4.69, 9.17) is 5.11 Å². The number of aromatic nitrogens is 2. The van der Waals surface area contributed by atoms with Gasteiger partial charge in [0.1, 0.15) is 12.1 Å². The lowest BCUT2D eigenvalue weighted by atomic mass is 10.1. The monoisotopic (exact) mass is 193 g/mol. The molecule has 0 spiro atoms. The van der Waals surface area contributed by atoms with E-state index in [2.05, 4.69) is 9.97 Å². The number of amides is 1. The number of carbonyl (C=O) groups excluding carboxylic acids is 1. The average molecular weight is 193 g/mol. The van der Waals surface area contributed by atoms with Crippen LogP contribution in [0.1, 0.15) is 6.42 Å². The van der Waals surface area contributed by atoms with Crippen LogP contribution in [-0.4, -0.2) is 34.1 Å². The van der Waals surface area contributed by atoms with Crippen LogP contribution in [-0.2, 0) is 4.79 Å². The first kappa shape index (κ1) is 9.08. The molecule has 0 saturated carbocycles. The summed E-state index contributed by atoms with van der Waals surface area (Å²) >= 11 is 0. The molecule has 0 aromatic carbocycles. The van der Waals surface area contributed by atoms with E-state index in [-0.39, 0.29) is 18.4 Å². The normalized spacial score (nSPS) is 21.6. The van der Waals surface area contributed by atoms with Crippen molar-refractivity contribution in [3.05, 3.63) is 18.6 Å². The van der Waals surface area contributed by atoms with E-state index in [0.717, 1.165) is 0 Å². The fraction of sp³-hybridized carbons (Fsp3) is 0.444. The predicted octanol–water partition coefficient (Wildman–Crippen LogP) is -0.178. The van der Waals surface area contributed by atoms with E-state index in [1.807, 2.05) is 0 Å². The summed E-state index contributed by atoms with van der Waals surface area (Å²) in [6.07, 6.45) is 3.41. The highest BCUT2D eigenvalue weighted by molar-refractivity contribution is 5.94. The Labute approximate surface area is 81.4 Å². The van der Waals surface area contributed by atoms with Crippen LogP contribution in [0, 0.1) is 5.92 Å². The second kappa shape index (κ2) is 3.71. The van der Waals surface area contributed by atoms with Crippen molar-refractivity contribution >= 4 is 11.7 Å². The molecule has 1 N–H and O–H groups in total. The van der Waals surface area contributed by atoms with E-state index < -0.39 is 0 Å². The Balaban J connectivity index is 2.17. The minimum atomic E-state index is 0.0164. The summed E-state index contributed by atoms with van der Waals surface area (Å²) in [7, 11) is 0. The maximum Gasteiger partial charge on any atom is 0.228 e. The molecule has 0 bridgehead atoms. The molecule has 1 aromatic rings. The van der Waals surface area contributed by atoms with Crippen LogP contribution < -0.4 is 4.90 Å². The van der Waals surface area contributed by atoms with Crippen LogP contribution in [0.2, 0.25) is 0 Å². The van der Waals surface area contributed by atoms with Gasteiger partial charge in [0.2, 0.25) is 5.91 Å². The first-order chi connectivity index (χ1) is 6.81. The molecule has 0 radical (unpaired) electrons. The molecular formula is C9H11N3O2. The van der Waals surface area contributed by atoms with Gasteiger partial charge in [-0.25, -0.2) is 9.97 Å². The van der Waals surface area contributed by atoms with E-state index >= 15 is 0 Å². The number of anilines is 1. The van der Waals surface area contributed by atoms with Crippen LogP contribution in [0.4, 0.5) is 5.82 Å². The minimum absolute atomic E-state index is 0.0164. The molecule has 1 fully saturated rings. The molecule has 0 aliphatic carbocycles. The number of carbonyl (C=O) groups is 1. The second-order valence-electron chi connectivity index (χ2n) is 3.32. The maximum absolute atomic E-state index is 11.5. The van der Waals surface area contributed by atoms with Crippen molar-refractivity contribution in [1.29, 1.82) is 0 Å². The maximum atomic E-state index is 11.5. The third kappa shape index (κ3) is 1.58. The zero-order valence-electron chi connectivity index (χ0n) is 7.63. The summed E-state index contributed by atoms with van der Waals surface area (Å²) in [5.41, 5.74) is 0. The van der Waals surface area contributed by atoms with Gasteiger partial charge in [-0.3, -0.25) is 9.69 Å². The summed E-state index contributed by atoms with van der Waals surface area (Å²) < 4.78 is 0. The van der Waals surface area contributed by atoms with Crippen molar-refractivity contribution in [2.24, 2.45) is 5.92 Å². The van der Waals surface area contributed by atoms with Crippen LogP contribution in [0.15, 0.2) is 18.6 Å². The third-order valence-corrected chi connectivity index (χ3v) is 2.31. The highest BCUT2D eigenvalue weighted by Crippen LogP contribution is 2.21. The van der Waals surface area contributed by atoms with Gasteiger partial charge in [-0.1, -0.05) is 0 Å². The second-order valence-corrected chi connectivity index (χ2v) is 3.32. The van der Waals surface area contributed by atoms with Crippen LogP contribution in [0.3, 0.4) is 0 Å². The zero-order chi connectivity index (χ0) is 9.97. The molecule has 1 atom stereocenters. The summed E-state index contributed by atoms with van der Waals surface area (Å²) in [4.78, 5) is 20.9. The van der Waals surface area contributed by atoms with E-state index in [1.165, 1.54) is 6.33 Å². The standard InChI is InChI=1S/C9H11N3O2/c13-5-7-3-9(14)12(4-7)8-1-2-10-6-11-8/h1-2,6-7,13H,3-5H2. The number of aliphatic hydroxyl groups is 1. The van der Waals surface area contributed by atoms with Crippen molar-refractivity contribution in [3.8, 4) is 0 Å². The van der Waals surface area contributed by atoms with Gasteiger partial charge in [0.05, 0.1) is 0 Å². The number of rotatable bonds is 2. The number of hydrogen-bond donors (Lipinski definition) is 1. The SMILES string of the molecule is O=C1CC(CO)CN1c1ccncn1. The lowest BCUT2D eigenvalue weighted by Gasteiger charge is -2.14. The van der Waals surface area contributed by atoms with Crippen molar-refractivity contribution in [2.75, 3.05) is 18.1 Å². The van der Waals surface area contributed by atoms with Gasteiger partial charge in [0.15, 0.2) is 0 Å². The van der Waals surface area contributed by atoms with Gasteiger partial charge in [-0.2, -0.15) is 0 Å². The Hall–Kier alpha value is -1.49. The molecular weight excluding hydrogens is 182 g/mol. The molecule has 1 aromatic heterocycles. The van der Waals surface area contributed by atoms with E-state index in [9.17, 15) is 4.79 Å². The Kier molecular flexibility index (Phi) is 2.41. The molecule has 5 nitrogen and oxygen atoms in total. The lowest BCUT2D eigenvalue weighted by molar-refractivity contribution is -0.117. The van der Waals surface area contributed by atoms with Crippen LogP contribution in [0.5, 0.6) is 0 Å². The molecule has 5 heteroatoms. The van der Waals surface area contributed by atoms with Crippen molar-refractivity contribution in [3.63, 3.8) is 0 Å². The fourth-order valence-electron chi connectivity index (χ4n) is 1.57. The highest BCUT2D eigenvalue weighted by Gasteiger charge is 2.30. The van der Waals surface area contributed by atoms with Crippen molar-refractivity contribution < 1.29 is 9.90 Å². The summed E-state index contributed by atoms with van der Waals surface area (Å²) in [5.74, 6) is 0.668. The first-order valence-electron chi connectivity index (χ1n) is 4.48. The van der Waals surface area contributed by atoms with Gasteiger partial charge in [-0.15, -0.1) is 0 Å². The van der Waals surface area contributed by atoms with E-state index in [1.54, 1.807) is 17.2 Å². The molecule has 1 amide bonds. The van der Waals surface area contributed by atoms with Gasteiger partial charge >= 0.3 is 0 Å². The van der Waals surface area contributed by atoms with Gasteiger partial charge < -0.3 is 5.11 Å². The summed E-state index contributed by atoms with van der Waals surface area (Å²) in [6.45, 7) is 0.597. The number of nitrogens with zero attached hydrogens (tertiary/aromatic N) is 3. The van der Waals surface area contributed by atoms with Crippen molar-refractivity contribution in [1.82, 2.24) is 9.97 Å². The third-order valence-electron chi connectivity index (χ3n) is 2.31. The van der Waals surface area contributed by atoms with Gasteiger partial charge in [0, 0.05) is 31.7 Å². The molecule has 14 heavy (non-hydrogen) atoms. The largest absolute Gasteiger partial charge is 0.396 e. The van der Waals surface area contributed by atoms with Gasteiger partial charge in [-0.05, 0) is 6.07 Å². The van der Waals surface area contributed by atoms with Crippen molar-refractivity contribution in [2.45, 2.75) is 6.42 Å². The minimum Gasteiger partial charge on any atom is -0.396 e. The molecule has 2 rings (SSSR count). The number of aliphatic hydroxyl groups excluding tert-OH is 1. The number of hydrogen-bond acceptors (Lipinski definition) is 4. The summed E-state index contributed by atoms with van der Waals surface area (Å²) in [6, 6.07) is 1.69. The molecule has 1 aliphatic rings. The Morgan fingerprint density at radius 2 is 2.50 bits per heavy atom. The van der Waals surface area contributed by atoms with Crippen LogP contribution in [0.25, 0.3) is 0 Å². The Morgan fingerprint density at radius 1 is 1.64 bits per heavy atom. The van der Waals surface area contributed by atoms with Gasteiger partial charge in [0.25, 0.3) is 0 Å². The molecule has 1 aliphatic heterocycles. The first-order valence-corrected chi connectivity index (χ1v) is 4.48. The highest BCUT2D eigenvalue weighted by atomic mass is 16.3. The Morgan fingerprint density at radius 3 is 3.07 bits per heavy atom. The quantitative estimate of drug-likeness (QED) is 0.707. The molecule has 74 valence electrons.